The zero-order chi connectivity index (χ0) is 27.3. The smallest absolute Gasteiger partial charge is 0.261 e. The Kier molecular flexibility index (Phi) is 8.22. The Balaban J connectivity index is 1.51. The summed E-state index contributed by atoms with van der Waals surface area (Å²) in [5.74, 6) is -0.311. The quantitative estimate of drug-likeness (QED) is 0.246. The van der Waals surface area contributed by atoms with Crippen LogP contribution in [-0.4, -0.2) is 22.7 Å². The first-order valence-corrected chi connectivity index (χ1v) is 15.3. The fourth-order valence-corrected chi connectivity index (χ4v) is 6.10. The van der Waals surface area contributed by atoms with Gasteiger partial charge in [-0.05, 0) is 73.2 Å². The standard InChI is InChI=1S/C27H25N3O5S3/c1-19-7-15-25(16-8-19)38(34,35)30-22-9-13-23(14-10-22)36-26(20-5-3-2-4-6-20)27(31)29-21-11-17-24(18-12-21)37(28,32)33/h2-18,26,30H,1H3,(H,29,31)(H2,28,32,33). The van der Waals surface area contributed by atoms with Gasteiger partial charge in [0.05, 0.1) is 9.79 Å². The molecule has 8 nitrogen and oxygen atoms in total. The van der Waals surface area contributed by atoms with Gasteiger partial charge >= 0.3 is 0 Å². The number of hydrogen-bond donors (Lipinski definition) is 3. The Hall–Kier alpha value is -3.64. The van der Waals surface area contributed by atoms with E-state index in [0.717, 1.165) is 16.0 Å². The minimum absolute atomic E-state index is 0.0532. The van der Waals surface area contributed by atoms with Crippen molar-refractivity contribution in [2.75, 3.05) is 10.0 Å². The van der Waals surface area contributed by atoms with Crippen LogP contribution in [0.4, 0.5) is 11.4 Å². The van der Waals surface area contributed by atoms with Gasteiger partial charge in [0.2, 0.25) is 15.9 Å². The first-order chi connectivity index (χ1) is 18.0. The van der Waals surface area contributed by atoms with Gasteiger partial charge in [0.25, 0.3) is 10.0 Å². The third-order valence-electron chi connectivity index (χ3n) is 5.48. The van der Waals surface area contributed by atoms with Crippen molar-refractivity contribution in [1.82, 2.24) is 0 Å². The largest absolute Gasteiger partial charge is 0.325 e. The Morgan fingerprint density at radius 1 is 0.737 bits per heavy atom. The Morgan fingerprint density at radius 2 is 1.29 bits per heavy atom. The Bertz CT molecular complexity index is 1620. The van der Waals surface area contributed by atoms with Crippen molar-refractivity contribution in [3.63, 3.8) is 0 Å². The number of thioether (sulfide) groups is 1. The zero-order valence-electron chi connectivity index (χ0n) is 20.2. The number of nitrogens with two attached hydrogens (primary N) is 1. The number of primary sulfonamides is 1. The monoisotopic (exact) mass is 567 g/mol. The average Bonchev–Trinajstić information content (AvgIpc) is 2.88. The first-order valence-electron chi connectivity index (χ1n) is 11.4. The van der Waals surface area contributed by atoms with Gasteiger partial charge in [0, 0.05) is 16.3 Å². The fourth-order valence-electron chi connectivity index (χ4n) is 3.51. The molecular weight excluding hydrogens is 543 g/mol. The van der Waals surface area contributed by atoms with Gasteiger partial charge < -0.3 is 5.32 Å². The normalized spacial score (nSPS) is 12.5. The SMILES string of the molecule is Cc1ccc(S(=O)(=O)Nc2ccc(SC(C(=O)Nc3ccc(S(N)(=O)=O)cc3)c3ccccc3)cc2)cc1. The molecule has 0 aliphatic rings. The molecule has 38 heavy (non-hydrogen) atoms. The average molecular weight is 568 g/mol. The molecule has 11 heteroatoms. The summed E-state index contributed by atoms with van der Waals surface area (Å²) in [5.41, 5.74) is 2.54. The van der Waals surface area contributed by atoms with Crippen molar-refractivity contribution < 1.29 is 21.6 Å². The second kappa shape index (κ2) is 11.4. The minimum Gasteiger partial charge on any atom is -0.325 e. The summed E-state index contributed by atoms with van der Waals surface area (Å²) in [4.78, 5) is 14.1. The second-order valence-electron chi connectivity index (χ2n) is 8.41. The van der Waals surface area contributed by atoms with Gasteiger partial charge in [0.15, 0.2) is 0 Å². The number of carbonyl (C=O) groups excluding carboxylic acids is 1. The number of aryl methyl sites for hydroxylation is 1. The fraction of sp³-hybridized carbons (Fsp3) is 0.0741. The third kappa shape index (κ3) is 7.01. The number of rotatable bonds is 9. The topological polar surface area (TPSA) is 135 Å². The number of hydrogen-bond acceptors (Lipinski definition) is 6. The van der Waals surface area contributed by atoms with E-state index in [-0.39, 0.29) is 15.7 Å². The summed E-state index contributed by atoms with van der Waals surface area (Å²) in [7, 11) is -7.58. The van der Waals surface area contributed by atoms with E-state index in [9.17, 15) is 21.6 Å². The molecule has 196 valence electrons. The predicted octanol–water partition coefficient (Wildman–Crippen LogP) is 4.92. The lowest BCUT2D eigenvalue weighted by atomic mass is 10.1. The van der Waals surface area contributed by atoms with Crippen molar-refractivity contribution in [2.45, 2.75) is 26.9 Å². The van der Waals surface area contributed by atoms with E-state index >= 15 is 0 Å². The molecule has 0 fully saturated rings. The molecule has 0 aliphatic heterocycles. The summed E-state index contributed by atoms with van der Waals surface area (Å²) < 4.78 is 50.9. The van der Waals surface area contributed by atoms with Crippen LogP contribution in [0.15, 0.2) is 118 Å². The molecule has 0 bridgehead atoms. The molecule has 4 N–H and O–H groups in total. The molecule has 4 rings (SSSR count). The molecule has 0 saturated heterocycles. The molecular formula is C27H25N3O5S3. The summed E-state index contributed by atoms with van der Waals surface area (Å²) in [6.07, 6.45) is 0. The van der Waals surface area contributed by atoms with Crippen molar-refractivity contribution in [3.8, 4) is 0 Å². The Morgan fingerprint density at radius 3 is 1.87 bits per heavy atom. The van der Waals surface area contributed by atoms with E-state index in [2.05, 4.69) is 10.0 Å². The lowest BCUT2D eigenvalue weighted by Crippen LogP contribution is -2.19. The zero-order valence-corrected chi connectivity index (χ0v) is 22.7. The van der Waals surface area contributed by atoms with E-state index in [1.807, 2.05) is 37.3 Å². The van der Waals surface area contributed by atoms with E-state index < -0.39 is 25.3 Å². The number of benzene rings is 4. The molecule has 1 atom stereocenters. The summed E-state index contributed by atoms with van der Waals surface area (Å²) in [6.45, 7) is 1.88. The van der Waals surface area contributed by atoms with Crippen LogP contribution in [0, 0.1) is 6.92 Å². The maximum absolute atomic E-state index is 13.3. The lowest BCUT2D eigenvalue weighted by molar-refractivity contribution is -0.115. The Labute approximate surface area is 226 Å². The molecule has 1 amide bonds. The highest BCUT2D eigenvalue weighted by Crippen LogP contribution is 2.37. The predicted molar refractivity (Wildman–Crippen MR) is 150 cm³/mol. The molecule has 0 aromatic heterocycles. The van der Waals surface area contributed by atoms with Gasteiger partial charge in [-0.15, -0.1) is 11.8 Å². The van der Waals surface area contributed by atoms with Gasteiger partial charge in [-0.3, -0.25) is 9.52 Å². The number of amides is 1. The van der Waals surface area contributed by atoms with Crippen molar-refractivity contribution in [1.29, 1.82) is 0 Å². The summed E-state index contributed by atoms with van der Waals surface area (Å²) in [5, 5.41) is 7.32. The van der Waals surface area contributed by atoms with Gasteiger partial charge in [-0.25, -0.2) is 22.0 Å². The molecule has 0 aliphatic carbocycles. The van der Waals surface area contributed by atoms with Crippen molar-refractivity contribution >= 4 is 49.1 Å². The van der Waals surface area contributed by atoms with Gasteiger partial charge in [-0.1, -0.05) is 48.0 Å². The van der Waals surface area contributed by atoms with Crippen LogP contribution in [0.2, 0.25) is 0 Å². The third-order valence-corrected chi connectivity index (χ3v) is 9.08. The van der Waals surface area contributed by atoms with E-state index in [1.165, 1.54) is 36.0 Å². The van der Waals surface area contributed by atoms with E-state index in [0.29, 0.717) is 11.4 Å². The van der Waals surface area contributed by atoms with Crippen LogP contribution in [0.1, 0.15) is 16.4 Å². The van der Waals surface area contributed by atoms with Gasteiger partial charge in [-0.2, -0.15) is 0 Å². The number of nitrogens with one attached hydrogen (secondary N) is 2. The molecule has 0 heterocycles. The number of sulfonamides is 2. The van der Waals surface area contributed by atoms with Crippen molar-refractivity contribution in [3.05, 3.63) is 114 Å². The number of anilines is 2. The van der Waals surface area contributed by atoms with E-state index in [4.69, 9.17) is 5.14 Å². The molecule has 1 unspecified atom stereocenters. The highest BCUT2D eigenvalue weighted by Gasteiger charge is 2.23. The van der Waals surface area contributed by atoms with Crippen LogP contribution < -0.4 is 15.2 Å². The highest BCUT2D eigenvalue weighted by molar-refractivity contribution is 8.00. The van der Waals surface area contributed by atoms with Crippen LogP contribution >= 0.6 is 11.8 Å². The lowest BCUT2D eigenvalue weighted by Gasteiger charge is -2.17. The van der Waals surface area contributed by atoms with Crippen LogP contribution in [0.5, 0.6) is 0 Å². The van der Waals surface area contributed by atoms with Crippen LogP contribution in [0.3, 0.4) is 0 Å². The first kappa shape index (κ1) is 27.4. The highest BCUT2D eigenvalue weighted by atomic mass is 32.2. The second-order valence-corrected chi connectivity index (χ2v) is 12.8. The van der Waals surface area contributed by atoms with Crippen molar-refractivity contribution in [2.24, 2.45) is 5.14 Å². The number of carbonyl (C=O) groups is 1. The molecule has 0 saturated carbocycles. The van der Waals surface area contributed by atoms with Crippen LogP contribution in [-0.2, 0) is 24.8 Å². The summed E-state index contributed by atoms with van der Waals surface area (Å²) in [6, 6.07) is 28.1. The summed E-state index contributed by atoms with van der Waals surface area (Å²) >= 11 is 1.30. The van der Waals surface area contributed by atoms with Gasteiger partial charge in [0.1, 0.15) is 5.25 Å². The molecule has 0 radical (unpaired) electrons. The van der Waals surface area contributed by atoms with Crippen LogP contribution in [0.25, 0.3) is 0 Å². The molecule has 4 aromatic carbocycles. The maximum Gasteiger partial charge on any atom is 0.261 e. The maximum atomic E-state index is 13.3. The molecule has 0 spiro atoms. The van der Waals surface area contributed by atoms with E-state index in [1.54, 1.807) is 48.5 Å². The molecule has 4 aromatic rings. The minimum atomic E-state index is -3.84.